The Bertz CT molecular complexity index is 387. The van der Waals surface area contributed by atoms with Gasteiger partial charge in [0.15, 0.2) is 0 Å². The first-order chi connectivity index (χ1) is 7.06. The summed E-state index contributed by atoms with van der Waals surface area (Å²) in [4.78, 5) is 21.7. The van der Waals surface area contributed by atoms with Crippen molar-refractivity contribution in [3.63, 3.8) is 0 Å². The van der Waals surface area contributed by atoms with Gasteiger partial charge < -0.3 is 0 Å². The first kappa shape index (κ1) is 10.4. The van der Waals surface area contributed by atoms with Crippen LogP contribution in [-0.2, 0) is 4.79 Å². The summed E-state index contributed by atoms with van der Waals surface area (Å²) in [5, 5.41) is 0.119. The van der Waals surface area contributed by atoms with E-state index in [-0.39, 0.29) is 11.2 Å². The Balaban J connectivity index is 2.33. The molecule has 15 heavy (non-hydrogen) atoms. The molecule has 0 aliphatic carbocycles. The zero-order chi connectivity index (χ0) is 11.0. The third-order valence-electron chi connectivity index (χ3n) is 2.33. The topological polar surface area (TPSA) is 46.1 Å². The Morgan fingerprint density at radius 2 is 2.20 bits per heavy atom. The predicted molar refractivity (Wildman–Crippen MR) is 61.3 cm³/mol. The van der Waals surface area contributed by atoms with E-state index in [4.69, 9.17) is 0 Å². The van der Waals surface area contributed by atoms with Crippen LogP contribution in [-0.4, -0.2) is 27.7 Å². The van der Waals surface area contributed by atoms with Gasteiger partial charge in [-0.25, -0.2) is 9.97 Å². The van der Waals surface area contributed by atoms with Crippen LogP contribution in [0.4, 0.5) is 5.82 Å². The molecule has 1 aliphatic rings. The van der Waals surface area contributed by atoms with E-state index in [2.05, 4.69) is 22.6 Å². The highest BCUT2D eigenvalue weighted by molar-refractivity contribution is 7.81. The van der Waals surface area contributed by atoms with Crippen LogP contribution in [0.15, 0.2) is 6.07 Å². The summed E-state index contributed by atoms with van der Waals surface area (Å²) in [5.41, 5.74) is 0.882. The molecule has 0 radical (unpaired) electrons. The zero-order valence-corrected chi connectivity index (χ0v) is 9.66. The number of anilines is 1. The molecule has 1 saturated heterocycles. The third kappa shape index (κ3) is 2.12. The number of aromatic nitrogens is 2. The van der Waals surface area contributed by atoms with Crippen LogP contribution in [0.25, 0.3) is 0 Å². The molecule has 1 unspecified atom stereocenters. The molecule has 1 aromatic rings. The normalized spacial score (nSPS) is 21.1. The summed E-state index contributed by atoms with van der Waals surface area (Å²) in [6.45, 7) is 4.37. The van der Waals surface area contributed by atoms with Gasteiger partial charge in [-0.05, 0) is 13.8 Å². The van der Waals surface area contributed by atoms with Crippen LogP contribution in [0.2, 0.25) is 0 Å². The van der Waals surface area contributed by atoms with Gasteiger partial charge in [0.05, 0.1) is 0 Å². The molecule has 0 aromatic carbocycles. The lowest BCUT2D eigenvalue weighted by Crippen LogP contribution is -2.26. The highest BCUT2D eigenvalue weighted by Crippen LogP contribution is 2.22. The van der Waals surface area contributed by atoms with Crippen LogP contribution in [0.5, 0.6) is 0 Å². The summed E-state index contributed by atoms with van der Waals surface area (Å²) < 4.78 is 0. The Labute approximate surface area is 94.1 Å². The monoisotopic (exact) mass is 223 g/mol. The molecule has 1 atom stereocenters. The van der Waals surface area contributed by atoms with Crippen LogP contribution in [0.1, 0.15) is 17.9 Å². The van der Waals surface area contributed by atoms with Crippen LogP contribution < -0.4 is 4.90 Å². The van der Waals surface area contributed by atoms with Crippen molar-refractivity contribution >= 4 is 24.4 Å². The van der Waals surface area contributed by atoms with Gasteiger partial charge in [-0.2, -0.15) is 12.6 Å². The van der Waals surface area contributed by atoms with Crippen LogP contribution in [0, 0.1) is 13.8 Å². The van der Waals surface area contributed by atoms with E-state index < -0.39 is 0 Å². The van der Waals surface area contributed by atoms with E-state index in [1.807, 2.05) is 19.9 Å². The second kappa shape index (κ2) is 3.81. The smallest absolute Gasteiger partial charge is 0.229 e. The third-order valence-corrected chi connectivity index (χ3v) is 2.68. The molecular formula is C10H13N3OS. The molecule has 80 valence electrons. The number of amides is 1. The lowest BCUT2D eigenvalue weighted by Gasteiger charge is -2.15. The van der Waals surface area contributed by atoms with E-state index in [1.54, 1.807) is 4.90 Å². The molecule has 1 aromatic heterocycles. The largest absolute Gasteiger partial charge is 0.296 e. The van der Waals surface area contributed by atoms with Gasteiger partial charge in [-0.15, -0.1) is 0 Å². The predicted octanol–water partition coefficient (Wildman–Crippen LogP) is 1.13. The van der Waals surface area contributed by atoms with Gasteiger partial charge in [0.1, 0.15) is 11.6 Å². The van der Waals surface area contributed by atoms with Crippen molar-refractivity contribution in [2.45, 2.75) is 25.5 Å². The number of aryl methyl sites for hydroxylation is 2. The lowest BCUT2D eigenvalue weighted by atomic mass is 10.4. The Morgan fingerprint density at radius 1 is 1.47 bits per heavy atom. The van der Waals surface area contributed by atoms with E-state index >= 15 is 0 Å². The van der Waals surface area contributed by atoms with Gasteiger partial charge in [0.25, 0.3) is 0 Å². The van der Waals surface area contributed by atoms with Gasteiger partial charge >= 0.3 is 0 Å². The molecule has 1 fully saturated rings. The minimum absolute atomic E-state index is 0.0903. The molecule has 1 amide bonds. The Morgan fingerprint density at radius 3 is 2.73 bits per heavy atom. The number of carbonyl (C=O) groups is 1. The zero-order valence-electron chi connectivity index (χ0n) is 8.77. The number of carbonyl (C=O) groups excluding carboxylic acids is 1. The molecule has 0 bridgehead atoms. The summed E-state index contributed by atoms with van der Waals surface area (Å²) in [6.07, 6.45) is 0.491. The van der Waals surface area contributed by atoms with E-state index in [0.29, 0.717) is 24.6 Å². The van der Waals surface area contributed by atoms with Crippen molar-refractivity contribution < 1.29 is 4.79 Å². The second-order valence-corrected chi connectivity index (χ2v) is 4.51. The minimum atomic E-state index is 0.0903. The molecule has 2 heterocycles. The SMILES string of the molecule is Cc1cc(N2CC(S)CC2=O)nc(C)n1. The van der Waals surface area contributed by atoms with E-state index in [9.17, 15) is 4.79 Å². The van der Waals surface area contributed by atoms with Crippen molar-refractivity contribution in [3.05, 3.63) is 17.6 Å². The molecule has 0 spiro atoms. The lowest BCUT2D eigenvalue weighted by molar-refractivity contribution is -0.117. The molecule has 1 aliphatic heterocycles. The molecule has 4 nitrogen and oxygen atoms in total. The van der Waals surface area contributed by atoms with Crippen LogP contribution >= 0.6 is 12.6 Å². The van der Waals surface area contributed by atoms with Gasteiger partial charge in [0, 0.05) is 30.0 Å². The fourth-order valence-electron chi connectivity index (χ4n) is 1.75. The highest BCUT2D eigenvalue weighted by atomic mass is 32.1. The summed E-state index contributed by atoms with van der Waals surface area (Å²) in [6, 6.07) is 1.83. The van der Waals surface area contributed by atoms with Gasteiger partial charge in [-0.1, -0.05) is 0 Å². The first-order valence-corrected chi connectivity index (χ1v) is 5.38. The Hall–Kier alpha value is -1.10. The molecule has 2 rings (SSSR count). The van der Waals surface area contributed by atoms with Crippen LogP contribution in [0.3, 0.4) is 0 Å². The van der Waals surface area contributed by atoms with Crippen molar-refractivity contribution in [1.82, 2.24) is 9.97 Å². The standard InChI is InChI=1S/C10H13N3OS/c1-6-3-9(12-7(2)11-6)13-5-8(15)4-10(13)14/h3,8,15H,4-5H2,1-2H3. The average Bonchev–Trinajstić information content (AvgIpc) is 2.43. The molecule has 0 N–H and O–H groups in total. The fraction of sp³-hybridized carbons (Fsp3) is 0.500. The summed E-state index contributed by atoms with van der Waals surface area (Å²) in [7, 11) is 0. The van der Waals surface area contributed by atoms with Crippen molar-refractivity contribution in [1.29, 1.82) is 0 Å². The number of hydrogen-bond acceptors (Lipinski definition) is 4. The van der Waals surface area contributed by atoms with E-state index in [0.717, 1.165) is 5.69 Å². The quantitative estimate of drug-likeness (QED) is 0.726. The first-order valence-electron chi connectivity index (χ1n) is 4.87. The number of thiol groups is 1. The minimum Gasteiger partial charge on any atom is -0.296 e. The molecular weight excluding hydrogens is 210 g/mol. The van der Waals surface area contributed by atoms with Crippen molar-refractivity contribution in [3.8, 4) is 0 Å². The van der Waals surface area contributed by atoms with Crippen molar-refractivity contribution in [2.24, 2.45) is 0 Å². The fourth-order valence-corrected chi connectivity index (χ4v) is 2.07. The summed E-state index contributed by atoms with van der Waals surface area (Å²) in [5.74, 6) is 1.48. The van der Waals surface area contributed by atoms with Gasteiger partial charge in [0.2, 0.25) is 5.91 Å². The van der Waals surface area contributed by atoms with E-state index in [1.165, 1.54) is 0 Å². The number of nitrogens with zero attached hydrogens (tertiary/aromatic N) is 3. The number of hydrogen-bond donors (Lipinski definition) is 1. The average molecular weight is 223 g/mol. The maximum Gasteiger partial charge on any atom is 0.229 e. The summed E-state index contributed by atoms with van der Waals surface area (Å²) >= 11 is 4.31. The van der Waals surface area contributed by atoms with Gasteiger partial charge in [-0.3, -0.25) is 9.69 Å². The van der Waals surface area contributed by atoms with Crippen molar-refractivity contribution in [2.75, 3.05) is 11.4 Å². The molecule has 5 heteroatoms. The maximum atomic E-state index is 11.6. The number of rotatable bonds is 1. The maximum absolute atomic E-state index is 11.6. The Kier molecular flexibility index (Phi) is 2.65. The second-order valence-electron chi connectivity index (χ2n) is 3.78. The molecule has 0 saturated carbocycles. The highest BCUT2D eigenvalue weighted by Gasteiger charge is 2.29.